The minimum absolute atomic E-state index is 0.193. The van der Waals surface area contributed by atoms with Crippen LogP contribution in [0.2, 0.25) is 0 Å². The van der Waals surface area contributed by atoms with E-state index >= 15 is 0 Å². The lowest BCUT2D eigenvalue weighted by molar-refractivity contribution is 0.343. The third-order valence-corrected chi connectivity index (χ3v) is 2.78. The van der Waals surface area contributed by atoms with E-state index < -0.39 is 0 Å². The molecule has 1 fully saturated rings. The molecule has 1 heterocycles. The van der Waals surface area contributed by atoms with Crippen LogP contribution in [0.25, 0.3) is 0 Å². The van der Waals surface area contributed by atoms with Crippen molar-refractivity contribution in [1.82, 2.24) is 5.32 Å². The van der Waals surface area contributed by atoms with E-state index in [9.17, 15) is 0 Å². The number of hydrogen-bond donors (Lipinski definition) is 2. The fourth-order valence-electron chi connectivity index (χ4n) is 0.350. The van der Waals surface area contributed by atoms with Gasteiger partial charge in [-0.3, -0.25) is 5.32 Å². The molecule has 0 aromatic rings. The van der Waals surface area contributed by atoms with Gasteiger partial charge in [0.25, 0.3) is 0 Å². The Hall–Kier alpha value is 0.620. The number of rotatable bonds is 0. The van der Waals surface area contributed by atoms with Crippen molar-refractivity contribution < 1.29 is 5.11 Å². The molecule has 1 rings (SSSR count). The zero-order valence-electron chi connectivity index (χ0n) is 3.76. The first-order valence-electron chi connectivity index (χ1n) is 2.01. The Morgan fingerprint density at radius 1 is 1.43 bits per heavy atom. The van der Waals surface area contributed by atoms with E-state index in [-0.39, 0.29) is 4.77 Å². The molecule has 0 bridgehead atoms. The van der Waals surface area contributed by atoms with Gasteiger partial charge in [-0.15, -0.1) is 23.5 Å². The van der Waals surface area contributed by atoms with E-state index in [2.05, 4.69) is 5.32 Å². The Balaban J connectivity index is 2.12. The number of nitrogens with one attached hydrogen (secondary N) is 1. The minimum Gasteiger partial charge on any atom is -0.373 e. The molecule has 0 spiro atoms. The first kappa shape index (κ1) is 5.75. The molecule has 7 heavy (non-hydrogen) atoms. The first-order chi connectivity index (χ1) is 3.39. The molecule has 2 nitrogen and oxygen atoms in total. The monoisotopic (exact) mass is 137 g/mol. The van der Waals surface area contributed by atoms with Crippen LogP contribution in [0.1, 0.15) is 0 Å². The maximum atomic E-state index is 8.80. The molecule has 0 aliphatic carbocycles. The Bertz CT molecular complexity index is 54.9. The topological polar surface area (TPSA) is 32.3 Å². The molecular formula is C3H7NOS2. The normalized spacial score (nSPS) is 25.3. The Morgan fingerprint density at radius 2 is 2.00 bits per heavy atom. The highest BCUT2D eigenvalue weighted by Gasteiger charge is 2.07. The molecule has 4 heteroatoms. The molecule has 0 saturated carbocycles. The number of thioether (sulfide) groups is 2. The molecule has 0 amide bonds. The van der Waals surface area contributed by atoms with Gasteiger partial charge in [-0.05, 0) is 0 Å². The van der Waals surface area contributed by atoms with Gasteiger partial charge >= 0.3 is 0 Å². The highest BCUT2D eigenvalue weighted by atomic mass is 32.2. The van der Waals surface area contributed by atoms with Crippen molar-refractivity contribution in [3.8, 4) is 0 Å². The Kier molecular flexibility index (Phi) is 2.31. The predicted molar refractivity (Wildman–Crippen MR) is 34.1 cm³/mol. The van der Waals surface area contributed by atoms with Crippen molar-refractivity contribution in [3.05, 3.63) is 0 Å². The zero-order chi connectivity index (χ0) is 5.11. The highest BCUT2D eigenvalue weighted by molar-refractivity contribution is 8.17. The first-order valence-corrected chi connectivity index (χ1v) is 4.11. The fraction of sp³-hybridized carbons (Fsp3) is 1.00. The van der Waals surface area contributed by atoms with E-state index in [0.29, 0.717) is 0 Å². The highest BCUT2D eigenvalue weighted by Crippen LogP contribution is 2.22. The molecule has 0 aromatic carbocycles. The van der Waals surface area contributed by atoms with Gasteiger partial charge in [0.05, 0.1) is 0 Å². The molecule has 0 atom stereocenters. The molecule has 0 aromatic heterocycles. The average Bonchev–Trinajstić information content (AvgIpc) is 1.69. The van der Waals surface area contributed by atoms with E-state index in [1.54, 1.807) is 0 Å². The molecule has 1 saturated heterocycles. The van der Waals surface area contributed by atoms with Crippen molar-refractivity contribution in [2.75, 3.05) is 11.8 Å². The quantitative estimate of drug-likeness (QED) is 0.501. The van der Waals surface area contributed by atoms with Gasteiger partial charge in [0.1, 0.15) is 4.77 Å². The molecule has 0 unspecified atom stereocenters. The summed E-state index contributed by atoms with van der Waals surface area (Å²) in [6.45, 7) is 0. The van der Waals surface area contributed by atoms with Crippen LogP contribution >= 0.6 is 23.5 Å². The lowest BCUT2D eigenvalue weighted by atomic mass is 11.2. The van der Waals surface area contributed by atoms with Gasteiger partial charge in [0.15, 0.2) is 0 Å². The third kappa shape index (κ3) is 1.90. The number of aliphatic hydroxyl groups is 1. The van der Waals surface area contributed by atoms with Gasteiger partial charge in [-0.1, -0.05) is 0 Å². The van der Waals surface area contributed by atoms with Gasteiger partial charge in [-0.25, -0.2) is 0 Å². The Labute approximate surface area is 51.1 Å². The summed E-state index contributed by atoms with van der Waals surface area (Å²) in [4.78, 5) is 0. The van der Waals surface area contributed by atoms with Crippen LogP contribution in [0.15, 0.2) is 0 Å². The summed E-state index contributed by atoms with van der Waals surface area (Å²) in [7, 11) is 0. The zero-order valence-corrected chi connectivity index (χ0v) is 5.39. The van der Waals surface area contributed by atoms with Crippen LogP contribution in [0.5, 0.6) is 0 Å². The molecule has 1 aliphatic heterocycles. The average molecular weight is 137 g/mol. The molecule has 1 aliphatic rings. The van der Waals surface area contributed by atoms with E-state index in [1.807, 2.05) is 0 Å². The van der Waals surface area contributed by atoms with Crippen molar-refractivity contribution in [2.45, 2.75) is 4.77 Å². The second kappa shape index (κ2) is 2.81. The third-order valence-electron chi connectivity index (χ3n) is 0.656. The van der Waals surface area contributed by atoms with Gasteiger partial charge in [0, 0.05) is 11.8 Å². The van der Waals surface area contributed by atoms with E-state index in [4.69, 9.17) is 5.11 Å². The predicted octanol–water partition coefficient (Wildman–Crippen LogP) is 0.247. The summed E-state index contributed by atoms with van der Waals surface area (Å²) >= 11 is 3.05. The van der Waals surface area contributed by atoms with Crippen LogP contribution in [0, 0.1) is 0 Å². The summed E-state index contributed by atoms with van der Waals surface area (Å²) in [6.07, 6.45) is 0. The molecular weight excluding hydrogens is 130 g/mol. The standard InChI is InChI=1S/C3H7NOS2/c5-3-6-1-4-2-7-3/h3-5H,1-2H2. The number of hydrogen-bond acceptors (Lipinski definition) is 4. The summed E-state index contributed by atoms with van der Waals surface area (Å²) < 4.78 is -0.193. The van der Waals surface area contributed by atoms with Crippen molar-refractivity contribution in [3.63, 3.8) is 0 Å². The lowest BCUT2D eigenvalue weighted by Crippen LogP contribution is -2.20. The second-order valence-corrected chi connectivity index (χ2v) is 3.61. The molecule has 0 radical (unpaired) electrons. The smallest absolute Gasteiger partial charge is 0.148 e. The van der Waals surface area contributed by atoms with Gasteiger partial charge < -0.3 is 5.11 Å². The van der Waals surface area contributed by atoms with Crippen molar-refractivity contribution >= 4 is 23.5 Å². The van der Waals surface area contributed by atoms with Crippen LogP contribution < -0.4 is 5.32 Å². The summed E-state index contributed by atoms with van der Waals surface area (Å²) in [6, 6.07) is 0. The molecule has 42 valence electrons. The maximum Gasteiger partial charge on any atom is 0.148 e. The van der Waals surface area contributed by atoms with Crippen molar-refractivity contribution in [2.24, 2.45) is 0 Å². The van der Waals surface area contributed by atoms with Crippen molar-refractivity contribution in [1.29, 1.82) is 0 Å². The SMILES string of the molecule is OC1SCNCS1. The van der Waals surface area contributed by atoms with Gasteiger partial charge in [-0.2, -0.15) is 0 Å². The van der Waals surface area contributed by atoms with Crippen LogP contribution in [-0.2, 0) is 0 Å². The summed E-state index contributed by atoms with van der Waals surface area (Å²) in [5.74, 6) is 1.77. The second-order valence-electron chi connectivity index (χ2n) is 1.18. The number of aliphatic hydroxyl groups excluding tert-OH is 1. The molecule has 2 N–H and O–H groups in total. The summed E-state index contributed by atoms with van der Waals surface area (Å²) in [5, 5.41) is 11.9. The van der Waals surface area contributed by atoms with Crippen LogP contribution in [0.4, 0.5) is 0 Å². The maximum absolute atomic E-state index is 8.80. The summed E-state index contributed by atoms with van der Waals surface area (Å²) in [5.41, 5.74) is 0. The Morgan fingerprint density at radius 3 is 2.29 bits per heavy atom. The van der Waals surface area contributed by atoms with Crippen LogP contribution in [-0.4, -0.2) is 21.6 Å². The fourth-order valence-corrected chi connectivity index (χ4v) is 2.00. The minimum atomic E-state index is -0.193. The lowest BCUT2D eigenvalue weighted by Gasteiger charge is -2.15. The van der Waals surface area contributed by atoms with E-state index in [1.165, 1.54) is 23.5 Å². The van der Waals surface area contributed by atoms with E-state index in [0.717, 1.165) is 11.8 Å². The van der Waals surface area contributed by atoms with Crippen LogP contribution in [0.3, 0.4) is 0 Å². The largest absolute Gasteiger partial charge is 0.373 e. The van der Waals surface area contributed by atoms with Gasteiger partial charge in [0.2, 0.25) is 0 Å².